The van der Waals surface area contributed by atoms with Crippen LogP contribution in [-0.4, -0.2) is 14.9 Å². The summed E-state index contributed by atoms with van der Waals surface area (Å²) < 4.78 is 6.74. The monoisotopic (exact) mass is 451 g/mol. The first-order valence-electron chi connectivity index (χ1n) is 8.66. The average Bonchev–Trinajstić information content (AvgIpc) is 2.73. The fraction of sp³-hybridized carbons (Fsp3) is 0.0476. The van der Waals surface area contributed by atoms with Gasteiger partial charge in [-0.25, -0.2) is 4.98 Å². The molecule has 0 amide bonds. The first-order valence-corrected chi connectivity index (χ1v) is 9.46. The Kier molecular flexibility index (Phi) is 5.09. The third-order valence-electron chi connectivity index (χ3n) is 4.35. The van der Waals surface area contributed by atoms with Crippen LogP contribution in [0.5, 0.6) is 5.75 Å². The number of aromatic nitrogens is 2. The number of rotatable bonds is 5. The number of nitrogens with zero attached hydrogens (tertiary/aromatic N) is 2. The second-order valence-electron chi connectivity index (χ2n) is 6.28. The van der Waals surface area contributed by atoms with Gasteiger partial charge in [-0.15, -0.1) is 0 Å². The van der Waals surface area contributed by atoms with Gasteiger partial charge < -0.3 is 9.72 Å². The van der Waals surface area contributed by atoms with Crippen LogP contribution in [0.1, 0.15) is 5.56 Å². The molecule has 8 heteroatoms. The summed E-state index contributed by atoms with van der Waals surface area (Å²) in [7, 11) is 0. The molecular formula is C21H14BrN3O4. The lowest BCUT2D eigenvalue weighted by Crippen LogP contribution is -2.10. The van der Waals surface area contributed by atoms with Crippen molar-refractivity contribution in [1.82, 2.24) is 9.97 Å². The quantitative estimate of drug-likeness (QED) is 0.345. The second kappa shape index (κ2) is 7.84. The van der Waals surface area contributed by atoms with Gasteiger partial charge >= 0.3 is 0 Å². The molecule has 1 aromatic heterocycles. The van der Waals surface area contributed by atoms with Gasteiger partial charge in [-0.1, -0.05) is 28.1 Å². The standard InChI is InChI=1S/C21H14BrN3O4/c22-14-7-10-19(29-12-13-5-8-15(9-6-13)25(27)28)17(11-14)20-23-18-4-2-1-3-16(18)21(26)24-20/h1-11H,12H2,(H,23,24,26). The van der Waals surface area contributed by atoms with E-state index in [4.69, 9.17) is 4.74 Å². The number of nitrogens with one attached hydrogen (secondary N) is 1. The van der Waals surface area contributed by atoms with E-state index in [1.807, 2.05) is 18.2 Å². The molecule has 29 heavy (non-hydrogen) atoms. The van der Waals surface area contributed by atoms with Crippen molar-refractivity contribution in [3.63, 3.8) is 0 Å². The topological polar surface area (TPSA) is 98.1 Å². The number of hydrogen-bond acceptors (Lipinski definition) is 5. The fourth-order valence-corrected chi connectivity index (χ4v) is 3.26. The smallest absolute Gasteiger partial charge is 0.269 e. The SMILES string of the molecule is O=c1[nH]c(-c2cc(Br)ccc2OCc2ccc([N+](=O)[O-])cc2)nc2ccccc12. The zero-order chi connectivity index (χ0) is 20.4. The van der Waals surface area contributed by atoms with E-state index in [9.17, 15) is 14.9 Å². The van der Waals surface area contributed by atoms with E-state index in [2.05, 4.69) is 25.9 Å². The van der Waals surface area contributed by atoms with Crippen LogP contribution in [0.3, 0.4) is 0 Å². The number of aromatic amines is 1. The molecule has 1 heterocycles. The normalized spacial score (nSPS) is 10.8. The number of benzene rings is 3. The van der Waals surface area contributed by atoms with Crippen molar-refractivity contribution in [3.05, 3.63) is 97.2 Å². The van der Waals surface area contributed by atoms with E-state index in [1.54, 1.807) is 36.4 Å². The molecule has 0 atom stereocenters. The van der Waals surface area contributed by atoms with Crippen LogP contribution in [0.4, 0.5) is 5.69 Å². The van der Waals surface area contributed by atoms with Crippen LogP contribution in [0, 0.1) is 10.1 Å². The number of nitro benzene ring substituents is 1. The van der Waals surface area contributed by atoms with Gasteiger partial charge in [0, 0.05) is 16.6 Å². The van der Waals surface area contributed by atoms with Crippen LogP contribution in [0.25, 0.3) is 22.3 Å². The predicted octanol–water partition coefficient (Wildman–Crippen LogP) is 4.84. The molecule has 0 saturated heterocycles. The third-order valence-corrected chi connectivity index (χ3v) is 4.84. The van der Waals surface area contributed by atoms with Crippen molar-refractivity contribution in [3.8, 4) is 17.1 Å². The zero-order valence-electron chi connectivity index (χ0n) is 15.0. The lowest BCUT2D eigenvalue weighted by atomic mass is 10.1. The molecule has 0 radical (unpaired) electrons. The molecule has 0 fully saturated rings. The van der Waals surface area contributed by atoms with Gasteiger partial charge in [-0.05, 0) is 48.0 Å². The third kappa shape index (κ3) is 4.02. The summed E-state index contributed by atoms with van der Waals surface area (Å²) in [4.78, 5) is 30.1. The van der Waals surface area contributed by atoms with Gasteiger partial charge in [0.25, 0.3) is 11.2 Å². The van der Waals surface area contributed by atoms with Crippen LogP contribution in [0.15, 0.2) is 76.0 Å². The molecule has 4 rings (SSSR count). The molecule has 0 aliphatic rings. The first-order chi connectivity index (χ1) is 14.0. The predicted molar refractivity (Wildman–Crippen MR) is 113 cm³/mol. The van der Waals surface area contributed by atoms with Gasteiger partial charge in [0.1, 0.15) is 18.2 Å². The van der Waals surface area contributed by atoms with Crippen molar-refractivity contribution in [2.45, 2.75) is 6.61 Å². The highest BCUT2D eigenvalue weighted by atomic mass is 79.9. The molecule has 0 unspecified atom stereocenters. The number of para-hydroxylation sites is 1. The Balaban J connectivity index is 1.68. The van der Waals surface area contributed by atoms with Gasteiger partial charge in [0.05, 0.1) is 21.4 Å². The van der Waals surface area contributed by atoms with Crippen molar-refractivity contribution in [2.75, 3.05) is 0 Å². The Labute approximate surface area is 173 Å². The number of fused-ring (bicyclic) bond motifs is 1. The Hall–Kier alpha value is -3.52. The fourth-order valence-electron chi connectivity index (χ4n) is 2.90. The molecule has 0 saturated carbocycles. The van der Waals surface area contributed by atoms with Crippen molar-refractivity contribution < 1.29 is 9.66 Å². The van der Waals surface area contributed by atoms with Crippen molar-refractivity contribution >= 4 is 32.5 Å². The minimum Gasteiger partial charge on any atom is -0.488 e. The van der Waals surface area contributed by atoms with E-state index in [0.717, 1.165) is 10.0 Å². The lowest BCUT2D eigenvalue weighted by molar-refractivity contribution is -0.384. The molecule has 7 nitrogen and oxygen atoms in total. The molecule has 1 N–H and O–H groups in total. The summed E-state index contributed by atoms with van der Waals surface area (Å²) in [5.74, 6) is 0.929. The minimum atomic E-state index is -0.445. The number of H-pyrrole nitrogens is 1. The summed E-state index contributed by atoms with van der Waals surface area (Å²) in [5, 5.41) is 11.3. The van der Waals surface area contributed by atoms with E-state index < -0.39 is 4.92 Å². The molecular weight excluding hydrogens is 438 g/mol. The maximum Gasteiger partial charge on any atom is 0.269 e. The highest BCUT2D eigenvalue weighted by Crippen LogP contribution is 2.31. The molecule has 0 aliphatic carbocycles. The second-order valence-corrected chi connectivity index (χ2v) is 7.20. The van der Waals surface area contributed by atoms with E-state index in [-0.39, 0.29) is 17.9 Å². The Bertz CT molecular complexity index is 1270. The number of non-ortho nitro benzene ring substituents is 1. The minimum absolute atomic E-state index is 0.0241. The van der Waals surface area contributed by atoms with E-state index in [0.29, 0.717) is 28.0 Å². The summed E-state index contributed by atoms with van der Waals surface area (Å²) >= 11 is 3.44. The van der Waals surface area contributed by atoms with Gasteiger partial charge in [-0.3, -0.25) is 14.9 Å². The Morgan fingerprint density at radius 3 is 2.59 bits per heavy atom. The number of ether oxygens (including phenoxy) is 1. The van der Waals surface area contributed by atoms with Crippen molar-refractivity contribution in [1.29, 1.82) is 0 Å². The molecule has 3 aromatic carbocycles. The van der Waals surface area contributed by atoms with Crippen LogP contribution in [-0.2, 0) is 6.61 Å². The van der Waals surface area contributed by atoms with Gasteiger partial charge in [0.15, 0.2) is 0 Å². The summed E-state index contributed by atoms with van der Waals surface area (Å²) in [6.07, 6.45) is 0. The Morgan fingerprint density at radius 1 is 1.07 bits per heavy atom. The number of hydrogen-bond donors (Lipinski definition) is 1. The number of nitro groups is 1. The Morgan fingerprint density at radius 2 is 1.83 bits per heavy atom. The highest BCUT2D eigenvalue weighted by Gasteiger charge is 2.13. The zero-order valence-corrected chi connectivity index (χ0v) is 16.5. The largest absolute Gasteiger partial charge is 0.488 e. The number of halogens is 1. The molecule has 4 aromatic rings. The van der Waals surface area contributed by atoms with Gasteiger partial charge in [-0.2, -0.15) is 0 Å². The molecule has 0 spiro atoms. The average molecular weight is 452 g/mol. The van der Waals surface area contributed by atoms with Gasteiger partial charge in [0.2, 0.25) is 0 Å². The van der Waals surface area contributed by atoms with E-state index >= 15 is 0 Å². The lowest BCUT2D eigenvalue weighted by Gasteiger charge is -2.12. The van der Waals surface area contributed by atoms with Crippen LogP contribution in [0.2, 0.25) is 0 Å². The van der Waals surface area contributed by atoms with Crippen molar-refractivity contribution in [2.24, 2.45) is 0 Å². The highest BCUT2D eigenvalue weighted by molar-refractivity contribution is 9.10. The first kappa shape index (κ1) is 18.8. The van der Waals surface area contributed by atoms with E-state index in [1.165, 1.54) is 12.1 Å². The van der Waals surface area contributed by atoms with Crippen LogP contribution < -0.4 is 10.3 Å². The molecule has 0 aliphatic heterocycles. The van der Waals surface area contributed by atoms with Crippen LogP contribution >= 0.6 is 15.9 Å². The summed E-state index contributed by atoms with van der Waals surface area (Å²) in [6, 6.07) is 18.7. The summed E-state index contributed by atoms with van der Waals surface area (Å²) in [6.45, 7) is 0.213. The maximum atomic E-state index is 12.4. The summed E-state index contributed by atoms with van der Waals surface area (Å²) in [5.41, 5.74) is 1.80. The molecule has 0 bridgehead atoms. The molecule has 144 valence electrons. The maximum absolute atomic E-state index is 12.4.